The maximum atomic E-state index is 12.9. The van der Waals surface area contributed by atoms with Crippen molar-refractivity contribution in [1.82, 2.24) is 5.32 Å². The Morgan fingerprint density at radius 2 is 2.00 bits per heavy atom. The zero-order valence-corrected chi connectivity index (χ0v) is 13.3. The molecule has 118 valence electrons. The smallest absolute Gasteiger partial charge is 0.236 e. The Morgan fingerprint density at radius 3 is 2.64 bits per heavy atom. The van der Waals surface area contributed by atoms with Crippen molar-refractivity contribution >= 4 is 23.3 Å². The van der Waals surface area contributed by atoms with Gasteiger partial charge in [-0.2, -0.15) is 0 Å². The number of ketones is 1. The van der Waals surface area contributed by atoms with Crippen molar-refractivity contribution in [3.63, 3.8) is 0 Å². The van der Waals surface area contributed by atoms with Crippen molar-refractivity contribution in [2.45, 2.75) is 31.2 Å². The Labute approximate surface area is 133 Å². The molecule has 5 nitrogen and oxygen atoms in total. The van der Waals surface area contributed by atoms with E-state index in [2.05, 4.69) is 5.32 Å². The third kappa shape index (κ3) is 2.29. The van der Waals surface area contributed by atoms with Crippen molar-refractivity contribution in [3.8, 4) is 5.75 Å². The number of Topliss-reactive ketones (excluding diaryl/α,β-unsaturated/α-hetero) is 1. The van der Waals surface area contributed by atoms with Crippen molar-refractivity contribution in [2.24, 2.45) is 0 Å². The van der Waals surface area contributed by atoms with Gasteiger partial charge in [-0.1, -0.05) is 11.6 Å². The SMILES string of the molecule is COc1cc(C)cc(Cl)c1C1C(=O)NC2(CCOCC2)C1=O. The van der Waals surface area contributed by atoms with Gasteiger partial charge in [0.05, 0.1) is 7.11 Å². The number of carbonyl (C=O) groups is 2. The minimum Gasteiger partial charge on any atom is -0.496 e. The summed E-state index contributed by atoms with van der Waals surface area (Å²) in [5, 5.41) is 3.26. The van der Waals surface area contributed by atoms with E-state index < -0.39 is 11.5 Å². The molecule has 0 bridgehead atoms. The van der Waals surface area contributed by atoms with Crippen LogP contribution in [-0.2, 0) is 14.3 Å². The predicted octanol–water partition coefficient (Wildman–Crippen LogP) is 1.99. The van der Waals surface area contributed by atoms with E-state index in [0.717, 1.165) is 5.56 Å². The summed E-state index contributed by atoms with van der Waals surface area (Å²) in [5.74, 6) is -0.885. The van der Waals surface area contributed by atoms with Gasteiger partial charge in [0, 0.05) is 36.6 Å². The van der Waals surface area contributed by atoms with E-state index in [4.69, 9.17) is 21.1 Å². The Kier molecular flexibility index (Phi) is 3.87. The third-order valence-electron chi connectivity index (χ3n) is 4.45. The highest BCUT2D eigenvalue weighted by Crippen LogP contribution is 2.42. The second-order valence-corrected chi connectivity index (χ2v) is 6.25. The number of benzene rings is 1. The van der Waals surface area contributed by atoms with Crippen LogP contribution in [0.25, 0.3) is 0 Å². The first-order chi connectivity index (χ1) is 10.5. The zero-order valence-electron chi connectivity index (χ0n) is 12.6. The van der Waals surface area contributed by atoms with Crippen molar-refractivity contribution in [3.05, 3.63) is 28.3 Å². The van der Waals surface area contributed by atoms with Crippen LogP contribution in [0.3, 0.4) is 0 Å². The average molecular weight is 324 g/mol. The van der Waals surface area contributed by atoms with E-state index in [1.54, 1.807) is 12.1 Å². The number of aryl methyl sites for hydroxylation is 1. The van der Waals surface area contributed by atoms with Crippen molar-refractivity contribution in [1.29, 1.82) is 0 Å². The fourth-order valence-electron chi connectivity index (χ4n) is 3.29. The van der Waals surface area contributed by atoms with Crippen LogP contribution in [0.1, 0.15) is 29.9 Å². The summed E-state index contributed by atoms with van der Waals surface area (Å²) in [6.07, 6.45) is 1.000. The van der Waals surface area contributed by atoms with Gasteiger partial charge in [0.2, 0.25) is 5.91 Å². The van der Waals surface area contributed by atoms with E-state index >= 15 is 0 Å². The summed E-state index contributed by atoms with van der Waals surface area (Å²) >= 11 is 6.31. The number of methoxy groups -OCH3 is 1. The highest BCUT2D eigenvalue weighted by Gasteiger charge is 2.54. The summed E-state index contributed by atoms with van der Waals surface area (Å²) in [4.78, 5) is 25.4. The van der Waals surface area contributed by atoms with Crippen LogP contribution in [0.5, 0.6) is 5.75 Å². The van der Waals surface area contributed by atoms with Gasteiger partial charge in [0.15, 0.2) is 5.78 Å². The van der Waals surface area contributed by atoms with Crippen LogP contribution in [0.4, 0.5) is 0 Å². The molecule has 2 aliphatic rings. The first kappa shape index (κ1) is 15.3. The first-order valence-corrected chi connectivity index (χ1v) is 7.64. The van der Waals surface area contributed by atoms with Crippen LogP contribution < -0.4 is 10.1 Å². The van der Waals surface area contributed by atoms with Gasteiger partial charge >= 0.3 is 0 Å². The lowest BCUT2D eigenvalue weighted by Gasteiger charge is -2.31. The number of halogens is 1. The molecule has 0 saturated carbocycles. The van der Waals surface area contributed by atoms with Crippen LogP contribution in [0.2, 0.25) is 5.02 Å². The monoisotopic (exact) mass is 323 g/mol. The molecule has 3 rings (SSSR count). The molecule has 2 fully saturated rings. The van der Waals surface area contributed by atoms with E-state index in [9.17, 15) is 9.59 Å². The lowest BCUT2D eigenvalue weighted by atomic mass is 9.81. The van der Waals surface area contributed by atoms with Crippen molar-refractivity contribution in [2.75, 3.05) is 20.3 Å². The average Bonchev–Trinajstić information content (AvgIpc) is 2.71. The zero-order chi connectivity index (χ0) is 15.9. The minimum absolute atomic E-state index is 0.134. The molecular weight excluding hydrogens is 306 g/mol. The number of amides is 1. The van der Waals surface area contributed by atoms with Gasteiger partial charge in [0.1, 0.15) is 17.2 Å². The maximum Gasteiger partial charge on any atom is 0.236 e. The number of hydrogen-bond acceptors (Lipinski definition) is 4. The second-order valence-electron chi connectivity index (χ2n) is 5.84. The Bertz CT molecular complexity index is 637. The number of ether oxygens (including phenoxy) is 2. The molecule has 0 aliphatic carbocycles. The van der Waals surface area contributed by atoms with Gasteiger partial charge < -0.3 is 14.8 Å². The fourth-order valence-corrected chi connectivity index (χ4v) is 3.66. The summed E-state index contributed by atoms with van der Waals surface area (Å²) < 4.78 is 10.7. The quantitative estimate of drug-likeness (QED) is 0.845. The summed E-state index contributed by atoms with van der Waals surface area (Å²) in [7, 11) is 1.51. The fraction of sp³-hybridized carbons (Fsp3) is 0.500. The highest BCUT2D eigenvalue weighted by atomic mass is 35.5. The van der Waals surface area contributed by atoms with Crippen LogP contribution in [-0.4, -0.2) is 37.6 Å². The highest BCUT2D eigenvalue weighted by molar-refractivity contribution is 6.33. The normalized spacial score (nSPS) is 23.7. The topological polar surface area (TPSA) is 64.6 Å². The minimum atomic E-state index is -0.916. The van der Waals surface area contributed by atoms with Crippen LogP contribution in [0, 0.1) is 6.92 Å². The lowest BCUT2D eigenvalue weighted by Crippen LogP contribution is -2.50. The summed E-state index contributed by atoms with van der Waals surface area (Å²) in [6, 6.07) is 3.53. The molecular formula is C16H18ClNO4. The third-order valence-corrected chi connectivity index (χ3v) is 4.76. The Balaban J connectivity index is 2.06. The molecule has 1 spiro atoms. The van der Waals surface area contributed by atoms with Crippen molar-refractivity contribution < 1.29 is 19.1 Å². The largest absolute Gasteiger partial charge is 0.496 e. The molecule has 1 aromatic carbocycles. The van der Waals surface area contributed by atoms with Gasteiger partial charge in [-0.3, -0.25) is 9.59 Å². The molecule has 1 amide bonds. The number of hydrogen-bond donors (Lipinski definition) is 1. The molecule has 6 heteroatoms. The lowest BCUT2D eigenvalue weighted by molar-refractivity contribution is -0.127. The number of nitrogens with one attached hydrogen (secondary N) is 1. The van der Waals surface area contributed by atoms with E-state index in [0.29, 0.717) is 42.4 Å². The van der Waals surface area contributed by atoms with Gasteiger partial charge in [-0.15, -0.1) is 0 Å². The molecule has 1 unspecified atom stereocenters. The van der Waals surface area contributed by atoms with Gasteiger partial charge in [0.25, 0.3) is 0 Å². The molecule has 1 N–H and O–H groups in total. The molecule has 0 radical (unpaired) electrons. The number of rotatable bonds is 2. The van der Waals surface area contributed by atoms with Crippen LogP contribution >= 0.6 is 11.6 Å². The van der Waals surface area contributed by atoms with E-state index in [1.165, 1.54) is 7.11 Å². The molecule has 1 atom stereocenters. The summed E-state index contributed by atoms with van der Waals surface area (Å²) in [5.41, 5.74) is 0.553. The molecule has 1 aromatic rings. The molecule has 2 heterocycles. The standard InChI is InChI=1S/C16H18ClNO4/c1-9-7-10(17)12(11(8-9)21-2)13-14(19)16(18-15(13)20)3-5-22-6-4-16/h7-8,13H,3-6H2,1-2H3,(H,18,20). The Morgan fingerprint density at radius 1 is 1.32 bits per heavy atom. The molecule has 2 saturated heterocycles. The first-order valence-electron chi connectivity index (χ1n) is 7.26. The Hall–Kier alpha value is -1.59. The van der Waals surface area contributed by atoms with Gasteiger partial charge in [-0.25, -0.2) is 0 Å². The van der Waals surface area contributed by atoms with E-state index in [-0.39, 0.29) is 11.7 Å². The predicted molar refractivity (Wildman–Crippen MR) is 81.4 cm³/mol. The van der Waals surface area contributed by atoms with E-state index in [1.807, 2.05) is 6.92 Å². The maximum absolute atomic E-state index is 12.9. The second kappa shape index (κ2) is 5.56. The summed E-state index contributed by atoms with van der Waals surface area (Å²) in [6.45, 7) is 2.82. The molecule has 22 heavy (non-hydrogen) atoms. The molecule has 0 aromatic heterocycles. The van der Waals surface area contributed by atoms with Gasteiger partial charge in [-0.05, 0) is 24.6 Å². The van der Waals surface area contributed by atoms with Crippen LogP contribution in [0.15, 0.2) is 12.1 Å². The number of carbonyl (C=O) groups excluding carboxylic acids is 2. The molecule has 2 aliphatic heterocycles.